The normalized spacial score (nSPS) is 11.5. The number of aromatic nitrogens is 3. The third kappa shape index (κ3) is 5.24. The van der Waals surface area contributed by atoms with E-state index in [0.717, 1.165) is 17.7 Å². The average molecular weight is 436 g/mol. The Bertz CT molecular complexity index is 1200. The number of nitrogens with zero attached hydrogens (tertiary/aromatic N) is 3. The maximum Gasteiger partial charge on any atom is 0.262 e. The lowest BCUT2D eigenvalue weighted by Crippen LogP contribution is -2.24. The molecular formula is C24H25N3O3S. The minimum Gasteiger partial charge on any atom is -0.444 e. The second-order valence-electron chi connectivity index (χ2n) is 7.44. The van der Waals surface area contributed by atoms with Crippen LogP contribution < -0.4 is 5.56 Å². The third-order valence-corrected chi connectivity index (χ3v) is 5.74. The van der Waals surface area contributed by atoms with Gasteiger partial charge in [-0.05, 0) is 44.5 Å². The second-order valence-corrected chi connectivity index (χ2v) is 8.38. The fourth-order valence-corrected chi connectivity index (χ4v) is 4.12. The van der Waals surface area contributed by atoms with Crippen molar-refractivity contribution in [2.45, 2.75) is 43.8 Å². The maximum absolute atomic E-state index is 13.1. The summed E-state index contributed by atoms with van der Waals surface area (Å²) in [5.41, 5.74) is 2.42. The molecule has 7 heteroatoms. The zero-order chi connectivity index (χ0) is 21.6. The zero-order valence-electron chi connectivity index (χ0n) is 17.7. The topological polar surface area (TPSA) is 70.2 Å². The van der Waals surface area contributed by atoms with E-state index in [-0.39, 0.29) is 11.7 Å². The van der Waals surface area contributed by atoms with Gasteiger partial charge in [-0.1, -0.05) is 42.1 Å². The highest BCUT2D eigenvalue weighted by Gasteiger charge is 2.13. The zero-order valence-corrected chi connectivity index (χ0v) is 18.5. The minimum atomic E-state index is -0.0252. The molecule has 0 bridgehead atoms. The summed E-state index contributed by atoms with van der Waals surface area (Å²) in [5, 5.41) is 1.31. The SMILES string of the molecule is CC(C)OCCCn1c(SCc2coc(-c3ccccc3)n2)nc2ccccc2c1=O. The number of hydrogen-bond acceptors (Lipinski definition) is 6. The molecule has 160 valence electrons. The molecule has 2 heterocycles. The van der Waals surface area contributed by atoms with E-state index in [9.17, 15) is 4.79 Å². The number of ether oxygens (including phenoxy) is 1. The van der Waals surface area contributed by atoms with Gasteiger partial charge in [0.25, 0.3) is 5.56 Å². The summed E-state index contributed by atoms with van der Waals surface area (Å²) in [7, 11) is 0. The van der Waals surface area contributed by atoms with Crippen molar-refractivity contribution in [3.8, 4) is 11.5 Å². The lowest BCUT2D eigenvalue weighted by molar-refractivity contribution is 0.0743. The summed E-state index contributed by atoms with van der Waals surface area (Å²) in [5.74, 6) is 1.15. The molecular weight excluding hydrogens is 410 g/mol. The molecule has 4 rings (SSSR count). The van der Waals surface area contributed by atoms with E-state index in [1.165, 1.54) is 11.8 Å². The Morgan fingerprint density at radius 2 is 1.84 bits per heavy atom. The van der Waals surface area contributed by atoms with Crippen molar-refractivity contribution in [2.75, 3.05) is 6.61 Å². The molecule has 0 aliphatic heterocycles. The first-order valence-corrected chi connectivity index (χ1v) is 11.3. The van der Waals surface area contributed by atoms with Crippen LogP contribution >= 0.6 is 11.8 Å². The summed E-state index contributed by atoms with van der Waals surface area (Å²) >= 11 is 1.49. The highest BCUT2D eigenvalue weighted by atomic mass is 32.2. The van der Waals surface area contributed by atoms with Gasteiger partial charge in [-0.25, -0.2) is 9.97 Å². The van der Waals surface area contributed by atoms with Crippen molar-refractivity contribution in [3.63, 3.8) is 0 Å². The lowest BCUT2D eigenvalue weighted by atomic mass is 10.2. The Kier molecular flexibility index (Phi) is 6.84. The molecule has 2 aromatic carbocycles. The van der Waals surface area contributed by atoms with Crippen molar-refractivity contribution < 1.29 is 9.15 Å². The van der Waals surface area contributed by atoms with Crippen LogP contribution in [0.15, 0.2) is 75.2 Å². The Morgan fingerprint density at radius 1 is 1.06 bits per heavy atom. The van der Waals surface area contributed by atoms with Crippen LogP contribution in [0.4, 0.5) is 0 Å². The molecule has 0 aliphatic carbocycles. The van der Waals surface area contributed by atoms with Gasteiger partial charge in [-0.15, -0.1) is 0 Å². The predicted molar refractivity (Wildman–Crippen MR) is 123 cm³/mol. The first-order valence-electron chi connectivity index (χ1n) is 10.4. The quantitative estimate of drug-likeness (QED) is 0.205. The van der Waals surface area contributed by atoms with Crippen LogP contribution in [0.3, 0.4) is 0 Å². The molecule has 0 fully saturated rings. The van der Waals surface area contributed by atoms with E-state index < -0.39 is 0 Å². The smallest absolute Gasteiger partial charge is 0.262 e. The molecule has 0 aliphatic rings. The fraction of sp³-hybridized carbons (Fsp3) is 0.292. The van der Waals surface area contributed by atoms with Crippen LogP contribution in [0, 0.1) is 0 Å². The molecule has 0 radical (unpaired) electrons. The molecule has 0 N–H and O–H groups in total. The summed E-state index contributed by atoms with van der Waals surface area (Å²) in [6, 6.07) is 17.2. The van der Waals surface area contributed by atoms with Gasteiger partial charge in [-0.3, -0.25) is 9.36 Å². The van der Waals surface area contributed by atoms with Gasteiger partial charge in [0.2, 0.25) is 5.89 Å². The standard InChI is InChI=1S/C24H25N3O3S/c1-17(2)29-14-8-13-27-23(28)20-11-6-7-12-21(20)26-24(27)31-16-19-15-30-22(25-19)18-9-4-3-5-10-18/h3-7,9-12,15,17H,8,13-14,16H2,1-2H3. The number of hydrogen-bond donors (Lipinski definition) is 0. The Morgan fingerprint density at radius 3 is 2.65 bits per heavy atom. The van der Waals surface area contributed by atoms with Gasteiger partial charge in [0, 0.05) is 24.5 Å². The number of rotatable bonds is 9. The molecule has 0 unspecified atom stereocenters. The minimum absolute atomic E-state index is 0.0252. The van der Waals surface area contributed by atoms with Crippen molar-refractivity contribution in [1.82, 2.24) is 14.5 Å². The van der Waals surface area contributed by atoms with Crippen LogP contribution in [0.5, 0.6) is 0 Å². The molecule has 31 heavy (non-hydrogen) atoms. The summed E-state index contributed by atoms with van der Waals surface area (Å²) in [4.78, 5) is 22.5. The summed E-state index contributed by atoms with van der Waals surface area (Å²) < 4.78 is 13.0. The molecule has 0 saturated heterocycles. The number of thioether (sulfide) groups is 1. The van der Waals surface area contributed by atoms with E-state index in [1.54, 1.807) is 10.8 Å². The van der Waals surface area contributed by atoms with Crippen LogP contribution in [-0.4, -0.2) is 27.2 Å². The number of oxazole rings is 1. The fourth-order valence-electron chi connectivity index (χ4n) is 3.22. The Labute approximate surface area is 185 Å². The van der Waals surface area contributed by atoms with Gasteiger partial charge in [-0.2, -0.15) is 0 Å². The van der Waals surface area contributed by atoms with Crippen LogP contribution in [0.1, 0.15) is 26.0 Å². The first kappa shape index (κ1) is 21.3. The van der Waals surface area contributed by atoms with Gasteiger partial charge >= 0.3 is 0 Å². The molecule has 2 aromatic heterocycles. The van der Waals surface area contributed by atoms with Crippen molar-refractivity contribution in [2.24, 2.45) is 0 Å². The Hall–Kier alpha value is -2.90. The van der Waals surface area contributed by atoms with Crippen LogP contribution in [0.2, 0.25) is 0 Å². The van der Waals surface area contributed by atoms with E-state index >= 15 is 0 Å². The third-order valence-electron chi connectivity index (χ3n) is 4.73. The van der Waals surface area contributed by atoms with Crippen molar-refractivity contribution >= 4 is 22.7 Å². The van der Waals surface area contributed by atoms with Gasteiger partial charge < -0.3 is 9.15 Å². The Balaban J connectivity index is 1.55. The van der Waals surface area contributed by atoms with E-state index in [1.807, 2.05) is 68.4 Å². The van der Waals surface area contributed by atoms with Crippen LogP contribution in [0.25, 0.3) is 22.4 Å². The highest BCUT2D eigenvalue weighted by Crippen LogP contribution is 2.24. The van der Waals surface area contributed by atoms with Gasteiger partial charge in [0.05, 0.1) is 22.7 Å². The van der Waals surface area contributed by atoms with Crippen molar-refractivity contribution in [1.29, 1.82) is 0 Å². The monoisotopic (exact) mass is 435 g/mol. The van der Waals surface area contributed by atoms with Crippen LogP contribution in [-0.2, 0) is 17.0 Å². The van der Waals surface area contributed by atoms with Gasteiger partial charge in [0.15, 0.2) is 5.16 Å². The first-order chi connectivity index (χ1) is 15.1. The number of benzene rings is 2. The van der Waals surface area contributed by atoms with E-state index in [2.05, 4.69) is 4.98 Å². The predicted octanol–water partition coefficient (Wildman–Crippen LogP) is 5.16. The molecule has 4 aromatic rings. The average Bonchev–Trinajstić information content (AvgIpc) is 3.26. The summed E-state index contributed by atoms with van der Waals surface area (Å²) in [6.45, 7) is 5.17. The molecule has 0 saturated carbocycles. The summed E-state index contributed by atoms with van der Waals surface area (Å²) in [6.07, 6.45) is 2.58. The van der Waals surface area contributed by atoms with E-state index in [4.69, 9.17) is 14.1 Å². The highest BCUT2D eigenvalue weighted by molar-refractivity contribution is 7.98. The van der Waals surface area contributed by atoms with E-state index in [0.29, 0.717) is 40.9 Å². The largest absolute Gasteiger partial charge is 0.444 e. The molecule has 0 amide bonds. The molecule has 0 atom stereocenters. The molecule has 6 nitrogen and oxygen atoms in total. The second kappa shape index (κ2) is 9.94. The van der Waals surface area contributed by atoms with Gasteiger partial charge in [0.1, 0.15) is 6.26 Å². The number of para-hydroxylation sites is 1. The molecule has 0 spiro atoms. The lowest BCUT2D eigenvalue weighted by Gasteiger charge is -2.13. The maximum atomic E-state index is 13.1. The number of fused-ring (bicyclic) bond motifs is 1. The van der Waals surface area contributed by atoms with Crippen molar-refractivity contribution in [3.05, 3.63) is 76.9 Å².